The van der Waals surface area contributed by atoms with Gasteiger partial charge in [-0.1, -0.05) is 6.42 Å². The summed E-state index contributed by atoms with van der Waals surface area (Å²) in [6.45, 7) is 2.00. The minimum atomic E-state index is -3.01. The Morgan fingerprint density at radius 2 is 2.14 bits per heavy atom. The summed E-state index contributed by atoms with van der Waals surface area (Å²) in [5.74, 6) is 0.456. The van der Waals surface area contributed by atoms with Crippen LogP contribution in [0.3, 0.4) is 0 Å². The number of nitrogens with zero attached hydrogens (tertiary/aromatic N) is 1. The fourth-order valence-electron chi connectivity index (χ4n) is 1.96. The van der Waals surface area contributed by atoms with Crippen molar-refractivity contribution >= 4 is 10.0 Å². The van der Waals surface area contributed by atoms with E-state index in [9.17, 15) is 8.42 Å². The van der Waals surface area contributed by atoms with E-state index in [4.69, 9.17) is 5.73 Å². The Labute approximate surface area is 86.5 Å². The van der Waals surface area contributed by atoms with Crippen molar-refractivity contribution in [1.82, 2.24) is 4.31 Å². The van der Waals surface area contributed by atoms with Crippen LogP contribution in [0.1, 0.15) is 25.7 Å². The summed E-state index contributed by atoms with van der Waals surface area (Å²) in [7, 11) is -3.01. The smallest absolute Gasteiger partial charge is 0.211 e. The first kappa shape index (κ1) is 11.9. The molecule has 0 aliphatic carbocycles. The van der Waals surface area contributed by atoms with Crippen LogP contribution in [0.2, 0.25) is 0 Å². The van der Waals surface area contributed by atoms with Gasteiger partial charge in [-0.2, -0.15) is 0 Å². The maximum atomic E-state index is 11.4. The molecule has 14 heavy (non-hydrogen) atoms. The first-order valence-corrected chi connectivity index (χ1v) is 7.04. The molecule has 5 heteroatoms. The molecule has 0 bridgehead atoms. The van der Waals surface area contributed by atoms with Crippen molar-refractivity contribution in [2.75, 3.05) is 25.9 Å². The Kier molecular flexibility index (Phi) is 4.34. The van der Waals surface area contributed by atoms with E-state index in [1.807, 2.05) is 0 Å². The lowest BCUT2D eigenvalue weighted by molar-refractivity contribution is 0.356. The Bertz CT molecular complexity index is 264. The van der Waals surface area contributed by atoms with Crippen LogP contribution in [-0.4, -0.2) is 38.6 Å². The molecule has 0 radical (unpaired) electrons. The summed E-state index contributed by atoms with van der Waals surface area (Å²) >= 11 is 0. The molecule has 0 saturated carbocycles. The molecule has 0 amide bonds. The molecule has 0 aromatic rings. The number of hydrogen-bond donors (Lipinski definition) is 1. The van der Waals surface area contributed by atoms with E-state index in [0.717, 1.165) is 25.7 Å². The molecule has 2 N–H and O–H groups in total. The topological polar surface area (TPSA) is 63.4 Å². The summed E-state index contributed by atoms with van der Waals surface area (Å²) in [6, 6.07) is 0. The molecule has 1 atom stereocenters. The van der Waals surface area contributed by atoms with Crippen molar-refractivity contribution in [3.05, 3.63) is 0 Å². The Hall–Kier alpha value is -0.130. The van der Waals surface area contributed by atoms with Crippen molar-refractivity contribution in [3.63, 3.8) is 0 Å². The van der Waals surface area contributed by atoms with Gasteiger partial charge in [0.05, 0.1) is 6.26 Å². The third-order valence-corrected chi connectivity index (χ3v) is 4.05. The van der Waals surface area contributed by atoms with Crippen molar-refractivity contribution in [1.29, 1.82) is 0 Å². The van der Waals surface area contributed by atoms with Gasteiger partial charge >= 0.3 is 0 Å². The lowest BCUT2D eigenvalue weighted by atomic mass is 10.0. The third-order valence-electron chi connectivity index (χ3n) is 2.78. The number of sulfonamides is 1. The zero-order valence-electron chi connectivity index (χ0n) is 8.78. The highest BCUT2D eigenvalue weighted by atomic mass is 32.2. The molecule has 84 valence electrons. The Morgan fingerprint density at radius 1 is 1.43 bits per heavy atom. The maximum Gasteiger partial charge on any atom is 0.211 e. The number of nitrogens with two attached hydrogens (primary N) is 1. The standard InChI is InChI=1S/C9H20N2O2S/c1-14(12,13)11-7-3-2-4-9(8-11)5-6-10/h9H,2-8,10H2,1H3. The van der Waals surface area contributed by atoms with Gasteiger partial charge in [0.1, 0.15) is 0 Å². The molecule has 1 aliphatic rings. The van der Waals surface area contributed by atoms with Crippen molar-refractivity contribution in [2.45, 2.75) is 25.7 Å². The summed E-state index contributed by atoms with van der Waals surface area (Å²) < 4.78 is 24.4. The predicted molar refractivity (Wildman–Crippen MR) is 57.4 cm³/mol. The molecule has 0 aromatic carbocycles. The van der Waals surface area contributed by atoms with Gasteiger partial charge in [0.15, 0.2) is 0 Å². The van der Waals surface area contributed by atoms with E-state index in [1.54, 1.807) is 4.31 Å². The summed E-state index contributed by atoms with van der Waals surface area (Å²) in [5, 5.41) is 0. The maximum absolute atomic E-state index is 11.4. The summed E-state index contributed by atoms with van der Waals surface area (Å²) in [5.41, 5.74) is 5.50. The second-order valence-corrected chi connectivity index (χ2v) is 6.04. The molecule has 1 unspecified atom stereocenters. The van der Waals surface area contributed by atoms with Crippen LogP contribution in [0.4, 0.5) is 0 Å². The number of rotatable bonds is 3. The summed E-state index contributed by atoms with van der Waals surface area (Å²) in [4.78, 5) is 0. The molecular formula is C9H20N2O2S. The molecule has 0 spiro atoms. The van der Waals surface area contributed by atoms with E-state index in [1.165, 1.54) is 6.26 Å². The highest BCUT2D eigenvalue weighted by Crippen LogP contribution is 2.20. The van der Waals surface area contributed by atoms with Gasteiger partial charge in [0.2, 0.25) is 10.0 Å². The second-order valence-electron chi connectivity index (χ2n) is 4.06. The predicted octanol–water partition coefficient (Wildman–Crippen LogP) is 0.397. The molecule has 1 rings (SSSR count). The van der Waals surface area contributed by atoms with E-state index in [2.05, 4.69) is 0 Å². The van der Waals surface area contributed by atoms with Crippen molar-refractivity contribution in [3.8, 4) is 0 Å². The normalized spacial score (nSPS) is 26.0. The van der Waals surface area contributed by atoms with Crippen molar-refractivity contribution in [2.24, 2.45) is 11.7 Å². The van der Waals surface area contributed by atoms with E-state index >= 15 is 0 Å². The van der Waals surface area contributed by atoms with Crippen LogP contribution in [0.25, 0.3) is 0 Å². The lowest BCUT2D eigenvalue weighted by Crippen LogP contribution is -2.34. The number of hydrogen-bond acceptors (Lipinski definition) is 3. The SMILES string of the molecule is CS(=O)(=O)N1CCCCC(CCN)C1. The molecule has 1 aliphatic heterocycles. The van der Waals surface area contributed by atoms with Gasteiger partial charge in [-0.15, -0.1) is 0 Å². The minimum Gasteiger partial charge on any atom is -0.330 e. The summed E-state index contributed by atoms with van der Waals surface area (Å²) in [6.07, 6.45) is 5.44. The molecule has 1 fully saturated rings. The average Bonchev–Trinajstić information content (AvgIpc) is 2.29. The Balaban J connectivity index is 2.60. The molecule has 1 heterocycles. The highest BCUT2D eigenvalue weighted by Gasteiger charge is 2.23. The zero-order chi connectivity index (χ0) is 10.6. The van der Waals surface area contributed by atoms with Crippen LogP contribution in [0.15, 0.2) is 0 Å². The monoisotopic (exact) mass is 220 g/mol. The third kappa shape index (κ3) is 3.55. The average molecular weight is 220 g/mol. The van der Waals surface area contributed by atoms with Crippen LogP contribution in [0.5, 0.6) is 0 Å². The largest absolute Gasteiger partial charge is 0.330 e. The quantitative estimate of drug-likeness (QED) is 0.748. The van der Waals surface area contributed by atoms with Crippen LogP contribution in [0, 0.1) is 5.92 Å². The van der Waals surface area contributed by atoms with Gasteiger partial charge in [-0.05, 0) is 31.7 Å². The van der Waals surface area contributed by atoms with Gasteiger partial charge < -0.3 is 5.73 Å². The molecule has 4 nitrogen and oxygen atoms in total. The van der Waals surface area contributed by atoms with Gasteiger partial charge in [0.25, 0.3) is 0 Å². The fraction of sp³-hybridized carbons (Fsp3) is 1.00. The minimum absolute atomic E-state index is 0.456. The van der Waals surface area contributed by atoms with Gasteiger partial charge in [-0.3, -0.25) is 0 Å². The first-order valence-electron chi connectivity index (χ1n) is 5.19. The van der Waals surface area contributed by atoms with E-state index in [0.29, 0.717) is 25.6 Å². The molecule has 0 aromatic heterocycles. The van der Waals surface area contributed by atoms with Crippen LogP contribution >= 0.6 is 0 Å². The second kappa shape index (κ2) is 5.09. The van der Waals surface area contributed by atoms with Crippen LogP contribution < -0.4 is 5.73 Å². The van der Waals surface area contributed by atoms with E-state index < -0.39 is 10.0 Å². The fourth-order valence-corrected chi connectivity index (χ4v) is 2.91. The molecule has 1 saturated heterocycles. The van der Waals surface area contributed by atoms with E-state index in [-0.39, 0.29) is 0 Å². The molecular weight excluding hydrogens is 200 g/mol. The van der Waals surface area contributed by atoms with Gasteiger partial charge in [0, 0.05) is 13.1 Å². The zero-order valence-corrected chi connectivity index (χ0v) is 9.59. The first-order chi connectivity index (χ1) is 6.54. The highest BCUT2D eigenvalue weighted by molar-refractivity contribution is 7.88. The van der Waals surface area contributed by atoms with Crippen molar-refractivity contribution < 1.29 is 8.42 Å². The van der Waals surface area contributed by atoms with Crippen LogP contribution in [-0.2, 0) is 10.0 Å². The Morgan fingerprint density at radius 3 is 2.71 bits per heavy atom. The van der Waals surface area contributed by atoms with Gasteiger partial charge in [-0.25, -0.2) is 12.7 Å². The lowest BCUT2D eigenvalue weighted by Gasteiger charge is -2.21.